The highest BCUT2D eigenvalue weighted by molar-refractivity contribution is 5.49. The third kappa shape index (κ3) is 9.08. The second-order valence-corrected chi connectivity index (χ2v) is 13.9. The van der Waals surface area contributed by atoms with E-state index in [1.807, 2.05) is 0 Å². The number of benzene rings is 2. The highest BCUT2D eigenvalue weighted by atomic mass is 16.3. The normalized spacial score (nSPS) is 12.6. The summed E-state index contributed by atoms with van der Waals surface area (Å²) < 4.78 is 0. The summed E-state index contributed by atoms with van der Waals surface area (Å²) in [5, 5.41) is 21.6. The number of phenolic OH excluding ortho intramolecular Hbond substituents is 2. The molecule has 0 saturated heterocycles. The molecule has 2 nitrogen and oxygen atoms in total. The molecule has 0 aliphatic heterocycles. The molecule has 0 aliphatic rings. The lowest BCUT2D eigenvalue weighted by atomic mass is 9.82. The summed E-state index contributed by atoms with van der Waals surface area (Å²) in [5.74, 6) is 1.65. The van der Waals surface area contributed by atoms with Crippen molar-refractivity contribution in [3.63, 3.8) is 0 Å². The predicted octanol–water partition coefficient (Wildman–Crippen LogP) is 10.5. The van der Waals surface area contributed by atoms with E-state index in [0.29, 0.717) is 23.3 Å². The SMILES string of the molecule is CC(C)c1cc(CCCCCCCCCc2cc(C(C)C)c(O)c(C(C)(C)C)c2)cc(C(C)(C)C)c1O. The van der Waals surface area contributed by atoms with Crippen LogP contribution in [0, 0.1) is 0 Å². The Hall–Kier alpha value is -1.96. The van der Waals surface area contributed by atoms with Gasteiger partial charge in [0, 0.05) is 0 Å². The second kappa shape index (κ2) is 13.2. The van der Waals surface area contributed by atoms with Crippen LogP contribution in [0.4, 0.5) is 0 Å². The van der Waals surface area contributed by atoms with Gasteiger partial charge in [-0.25, -0.2) is 0 Å². The van der Waals surface area contributed by atoms with Crippen molar-refractivity contribution in [2.45, 2.75) is 150 Å². The van der Waals surface area contributed by atoms with Gasteiger partial charge in [0.05, 0.1) is 0 Å². The molecule has 0 amide bonds. The van der Waals surface area contributed by atoms with Crippen LogP contribution in [-0.4, -0.2) is 10.2 Å². The van der Waals surface area contributed by atoms with Gasteiger partial charge in [0.25, 0.3) is 0 Å². The number of rotatable bonds is 12. The van der Waals surface area contributed by atoms with Crippen LogP contribution >= 0.6 is 0 Å². The smallest absolute Gasteiger partial charge is 0.122 e. The van der Waals surface area contributed by atoms with Crippen LogP contribution in [0.5, 0.6) is 11.5 Å². The zero-order valence-corrected chi connectivity index (χ0v) is 25.7. The Balaban J connectivity index is 1.79. The van der Waals surface area contributed by atoms with Crippen molar-refractivity contribution in [3.05, 3.63) is 57.6 Å². The molecule has 208 valence electrons. The Morgan fingerprint density at radius 1 is 0.514 bits per heavy atom. The third-order valence-electron chi connectivity index (χ3n) is 7.69. The van der Waals surface area contributed by atoms with Gasteiger partial charge >= 0.3 is 0 Å². The predicted molar refractivity (Wildman–Crippen MR) is 162 cm³/mol. The van der Waals surface area contributed by atoms with E-state index in [2.05, 4.69) is 93.5 Å². The van der Waals surface area contributed by atoms with Crippen molar-refractivity contribution in [3.8, 4) is 11.5 Å². The molecule has 0 saturated carbocycles. The number of hydrogen-bond donors (Lipinski definition) is 2. The van der Waals surface area contributed by atoms with Gasteiger partial charge in [-0.2, -0.15) is 0 Å². The summed E-state index contributed by atoms with van der Waals surface area (Å²) >= 11 is 0. The van der Waals surface area contributed by atoms with Crippen LogP contribution in [0.3, 0.4) is 0 Å². The minimum atomic E-state index is -0.0471. The van der Waals surface area contributed by atoms with Crippen LogP contribution in [0.15, 0.2) is 24.3 Å². The first-order valence-electron chi connectivity index (χ1n) is 14.9. The first-order chi connectivity index (χ1) is 17.1. The molecule has 0 aliphatic carbocycles. The van der Waals surface area contributed by atoms with Gasteiger partial charge in [-0.05, 0) is 81.7 Å². The Morgan fingerprint density at radius 2 is 0.811 bits per heavy atom. The number of aryl methyl sites for hydroxylation is 2. The lowest BCUT2D eigenvalue weighted by Gasteiger charge is -2.24. The maximum atomic E-state index is 10.8. The Kier molecular flexibility index (Phi) is 11.2. The summed E-state index contributed by atoms with van der Waals surface area (Å²) in [7, 11) is 0. The van der Waals surface area contributed by atoms with Gasteiger partial charge in [-0.1, -0.05) is 126 Å². The molecule has 0 spiro atoms. The first kappa shape index (κ1) is 31.3. The molecule has 2 N–H and O–H groups in total. The number of phenols is 2. The van der Waals surface area contributed by atoms with Crippen LogP contribution in [0.1, 0.15) is 159 Å². The molecule has 37 heavy (non-hydrogen) atoms. The summed E-state index contributed by atoms with van der Waals surface area (Å²) in [6.45, 7) is 21.8. The van der Waals surface area contributed by atoms with E-state index < -0.39 is 0 Å². The fourth-order valence-corrected chi connectivity index (χ4v) is 5.29. The maximum absolute atomic E-state index is 10.8. The fourth-order valence-electron chi connectivity index (χ4n) is 5.29. The molecule has 0 fully saturated rings. The average Bonchev–Trinajstić information content (AvgIpc) is 2.77. The lowest BCUT2D eigenvalue weighted by molar-refractivity contribution is 0.436. The van der Waals surface area contributed by atoms with Gasteiger partial charge in [0.1, 0.15) is 11.5 Å². The number of hydrogen-bond acceptors (Lipinski definition) is 2. The van der Waals surface area contributed by atoms with E-state index in [4.69, 9.17) is 0 Å². The van der Waals surface area contributed by atoms with E-state index in [1.165, 1.54) is 56.1 Å². The van der Waals surface area contributed by atoms with Crippen LogP contribution in [-0.2, 0) is 23.7 Å². The van der Waals surface area contributed by atoms with Gasteiger partial charge in [0.15, 0.2) is 0 Å². The van der Waals surface area contributed by atoms with E-state index in [9.17, 15) is 10.2 Å². The number of unbranched alkanes of at least 4 members (excludes halogenated alkanes) is 6. The van der Waals surface area contributed by atoms with E-state index in [0.717, 1.165) is 35.1 Å². The largest absolute Gasteiger partial charge is 0.507 e. The van der Waals surface area contributed by atoms with Crippen molar-refractivity contribution < 1.29 is 10.2 Å². The van der Waals surface area contributed by atoms with Crippen LogP contribution < -0.4 is 0 Å². The minimum Gasteiger partial charge on any atom is -0.507 e. The van der Waals surface area contributed by atoms with Crippen LogP contribution in [0.2, 0.25) is 0 Å². The zero-order valence-electron chi connectivity index (χ0n) is 25.7. The number of aromatic hydroxyl groups is 2. The van der Waals surface area contributed by atoms with E-state index in [1.54, 1.807) is 0 Å². The molecule has 0 unspecified atom stereocenters. The summed E-state index contributed by atoms with van der Waals surface area (Å²) in [4.78, 5) is 0. The van der Waals surface area contributed by atoms with Crippen LogP contribution in [0.25, 0.3) is 0 Å². The fraction of sp³-hybridized carbons (Fsp3) is 0.657. The van der Waals surface area contributed by atoms with Crippen molar-refractivity contribution in [1.29, 1.82) is 0 Å². The van der Waals surface area contributed by atoms with Crippen molar-refractivity contribution in [2.24, 2.45) is 0 Å². The third-order valence-corrected chi connectivity index (χ3v) is 7.69. The quantitative estimate of drug-likeness (QED) is 0.280. The monoisotopic (exact) mass is 508 g/mol. The molecule has 0 bridgehead atoms. The van der Waals surface area contributed by atoms with Gasteiger partial charge in [-0.15, -0.1) is 0 Å². The van der Waals surface area contributed by atoms with Crippen molar-refractivity contribution >= 4 is 0 Å². The second-order valence-electron chi connectivity index (χ2n) is 13.9. The molecule has 2 rings (SSSR count). The highest BCUT2D eigenvalue weighted by Crippen LogP contribution is 2.39. The molecular weight excluding hydrogens is 452 g/mol. The van der Waals surface area contributed by atoms with Gasteiger partial charge in [0.2, 0.25) is 0 Å². The average molecular weight is 509 g/mol. The Labute approximate surface area is 228 Å². The van der Waals surface area contributed by atoms with Gasteiger partial charge in [-0.3, -0.25) is 0 Å². The molecule has 0 radical (unpaired) electrons. The Morgan fingerprint density at radius 3 is 1.08 bits per heavy atom. The summed E-state index contributed by atoms with van der Waals surface area (Å²) in [5.41, 5.74) is 6.99. The molecule has 0 aromatic heterocycles. The minimum absolute atomic E-state index is 0.0471. The standard InChI is InChI=1S/C35H56O2/c1-24(2)28-20-26(22-30(32(28)36)34(5,6)7)18-16-14-12-11-13-15-17-19-27-21-29(25(3)4)33(37)31(23-27)35(8,9)10/h20-25,36-37H,11-19H2,1-10H3. The van der Waals surface area contributed by atoms with Gasteiger partial charge < -0.3 is 10.2 Å². The molecule has 0 atom stereocenters. The summed E-state index contributed by atoms with van der Waals surface area (Å²) in [6, 6.07) is 8.93. The molecule has 2 aromatic rings. The van der Waals surface area contributed by atoms with Crippen molar-refractivity contribution in [1.82, 2.24) is 0 Å². The molecule has 2 heteroatoms. The summed E-state index contributed by atoms with van der Waals surface area (Å²) in [6.07, 6.45) is 11.1. The first-order valence-corrected chi connectivity index (χ1v) is 14.9. The lowest BCUT2D eigenvalue weighted by Crippen LogP contribution is -2.13. The topological polar surface area (TPSA) is 40.5 Å². The Bertz CT molecular complexity index is 918. The highest BCUT2D eigenvalue weighted by Gasteiger charge is 2.23. The molecule has 2 aromatic carbocycles. The van der Waals surface area contributed by atoms with E-state index >= 15 is 0 Å². The maximum Gasteiger partial charge on any atom is 0.122 e. The zero-order chi connectivity index (χ0) is 28.0. The molecular formula is C35H56O2. The van der Waals surface area contributed by atoms with Crippen molar-refractivity contribution in [2.75, 3.05) is 0 Å². The molecule has 0 heterocycles. The van der Waals surface area contributed by atoms with E-state index in [-0.39, 0.29) is 10.8 Å².